The molecule has 0 fully saturated rings. The number of benzene rings is 6. The normalized spacial score (nSPS) is 10.9. The summed E-state index contributed by atoms with van der Waals surface area (Å²) in [6.07, 6.45) is 7.04. The SMILES string of the molecule is c1ccc(COc2cc(CCc3ccnc(-c4cc(CCc5cc(OCc6ccccc6)cc(OCc6ccccc6)c5)ccn4)c3)cc(OCc3ccccc3)c2)cc1. The van der Waals surface area contributed by atoms with Crippen molar-refractivity contribution in [2.45, 2.75) is 52.1 Å². The lowest BCUT2D eigenvalue weighted by Crippen LogP contribution is -2.01. The Hall–Kier alpha value is -7.18. The van der Waals surface area contributed by atoms with E-state index < -0.39 is 0 Å². The first kappa shape index (κ1) is 39.6. The molecule has 8 rings (SSSR count). The monoisotopic (exact) mass is 788 g/mol. The predicted octanol–water partition coefficient (Wildman–Crippen LogP) is 12.0. The van der Waals surface area contributed by atoms with E-state index in [1.54, 1.807) is 0 Å². The van der Waals surface area contributed by atoms with Crippen molar-refractivity contribution in [2.24, 2.45) is 0 Å². The quantitative estimate of drug-likeness (QED) is 0.0813. The smallest absolute Gasteiger partial charge is 0.123 e. The lowest BCUT2D eigenvalue weighted by atomic mass is 10.0. The van der Waals surface area contributed by atoms with Crippen LogP contribution in [0, 0.1) is 0 Å². The minimum absolute atomic E-state index is 0.488. The van der Waals surface area contributed by atoms with Crippen LogP contribution in [0.5, 0.6) is 23.0 Å². The third-order valence-corrected chi connectivity index (χ3v) is 10.2. The summed E-state index contributed by atoms with van der Waals surface area (Å²) in [6.45, 7) is 1.95. The zero-order valence-electron chi connectivity index (χ0n) is 33.7. The van der Waals surface area contributed by atoms with Crippen LogP contribution < -0.4 is 18.9 Å². The van der Waals surface area contributed by atoms with Crippen molar-refractivity contribution in [3.8, 4) is 34.4 Å². The molecule has 0 aliphatic carbocycles. The van der Waals surface area contributed by atoms with E-state index in [1.807, 2.05) is 97.3 Å². The maximum atomic E-state index is 6.27. The van der Waals surface area contributed by atoms with Crippen LogP contribution in [0.25, 0.3) is 11.4 Å². The highest BCUT2D eigenvalue weighted by atomic mass is 16.5. The van der Waals surface area contributed by atoms with Gasteiger partial charge in [-0.05, 0) is 119 Å². The van der Waals surface area contributed by atoms with Crippen molar-refractivity contribution in [1.82, 2.24) is 9.97 Å². The lowest BCUT2D eigenvalue weighted by molar-refractivity contribution is 0.289. The molecule has 0 spiro atoms. The summed E-state index contributed by atoms with van der Waals surface area (Å²) >= 11 is 0. The van der Waals surface area contributed by atoms with Crippen molar-refractivity contribution in [2.75, 3.05) is 0 Å². The first-order valence-electron chi connectivity index (χ1n) is 20.5. The number of aryl methyl sites for hydroxylation is 4. The van der Waals surface area contributed by atoms with E-state index in [0.29, 0.717) is 26.4 Å². The fourth-order valence-electron chi connectivity index (χ4n) is 6.96. The van der Waals surface area contributed by atoms with Crippen LogP contribution in [0.15, 0.2) is 194 Å². The summed E-state index contributed by atoms with van der Waals surface area (Å²) in [5.74, 6) is 3.16. The molecule has 0 amide bonds. The van der Waals surface area contributed by atoms with Gasteiger partial charge in [-0.15, -0.1) is 0 Å². The van der Waals surface area contributed by atoms with Gasteiger partial charge in [-0.1, -0.05) is 121 Å². The molecular formula is C54H48N2O4. The fourth-order valence-corrected chi connectivity index (χ4v) is 6.96. The van der Waals surface area contributed by atoms with Crippen LogP contribution in [-0.4, -0.2) is 9.97 Å². The molecule has 2 aromatic heterocycles. The molecule has 0 saturated heterocycles. The first-order valence-corrected chi connectivity index (χ1v) is 20.5. The molecule has 0 saturated carbocycles. The Kier molecular flexibility index (Phi) is 13.5. The van der Waals surface area contributed by atoms with Gasteiger partial charge in [0.1, 0.15) is 49.4 Å². The minimum Gasteiger partial charge on any atom is -0.489 e. The highest BCUT2D eigenvalue weighted by Crippen LogP contribution is 2.28. The van der Waals surface area contributed by atoms with Crippen molar-refractivity contribution >= 4 is 0 Å². The van der Waals surface area contributed by atoms with Gasteiger partial charge in [-0.25, -0.2) is 0 Å². The predicted molar refractivity (Wildman–Crippen MR) is 238 cm³/mol. The summed E-state index contributed by atoms with van der Waals surface area (Å²) in [6, 6.07) is 61.8. The number of pyridine rings is 2. The van der Waals surface area contributed by atoms with Crippen molar-refractivity contribution < 1.29 is 18.9 Å². The van der Waals surface area contributed by atoms with Gasteiger partial charge in [-0.3, -0.25) is 9.97 Å². The Balaban J connectivity index is 0.932. The number of hydrogen-bond donors (Lipinski definition) is 0. The Morgan fingerprint density at radius 1 is 0.267 bits per heavy atom. The molecule has 6 nitrogen and oxygen atoms in total. The molecule has 6 aromatic carbocycles. The summed E-state index contributed by atoms with van der Waals surface area (Å²) in [7, 11) is 0. The maximum Gasteiger partial charge on any atom is 0.123 e. The molecule has 0 N–H and O–H groups in total. The molecule has 0 aliphatic heterocycles. The Bertz CT molecular complexity index is 2240. The summed E-state index contributed by atoms with van der Waals surface area (Å²) in [5.41, 5.74) is 10.8. The lowest BCUT2D eigenvalue weighted by Gasteiger charge is -2.13. The van der Waals surface area contributed by atoms with Crippen molar-refractivity contribution in [1.29, 1.82) is 0 Å². The van der Waals surface area contributed by atoms with Crippen molar-refractivity contribution in [3.05, 3.63) is 239 Å². The largest absolute Gasteiger partial charge is 0.489 e. The molecule has 6 heteroatoms. The molecular weight excluding hydrogens is 741 g/mol. The topological polar surface area (TPSA) is 62.7 Å². The summed E-state index contributed by atoms with van der Waals surface area (Å²) in [4.78, 5) is 9.47. The zero-order chi connectivity index (χ0) is 40.6. The van der Waals surface area contributed by atoms with E-state index in [0.717, 1.165) is 93.4 Å². The van der Waals surface area contributed by atoms with Gasteiger partial charge in [-0.2, -0.15) is 0 Å². The van der Waals surface area contributed by atoms with Crippen LogP contribution >= 0.6 is 0 Å². The molecule has 60 heavy (non-hydrogen) atoms. The number of aromatic nitrogens is 2. The zero-order valence-corrected chi connectivity index (χ0v) is 33.7. The second kappa shape index (κ2) is 20.5. The minimum atomic E-state index is 0.488. The average Bonchev–Trinajstić information content (AvgIpc) is 3.31. The Morgan fingerprint density at radius 3 is 0.850 bits per heavy atom. The van der Waals surface area contributed by atoms with E-state index in [9.17, 15) is 0 Å². The first-order chi connectivity index (χ1) is 29.7. The van der Waals surface area contributed by atoms with Gasteiger partial charge in [0, 0.05) is 24.5 Å². The fraction of sp³-hybridized carbons (Fsp3) is 0.148. The molecule has 0 unspecified atom stereocenters. The van der Waals surface area contributed by atoms with E-state index in [4.69, 9.17) is 28.9 Å². The highest BCUT2D eigenvalue weighted by molar-refractivity contribution is 5.56. The molecule has 298 valence electrons. The second-order valence-electron chi connectivity index (χ2n) is 14.8. The molecule has 0 aliphatic rings. The number of nitrogens with zero attached hydrogens (tertiary/aromatic N) is 2. The van der Waals surface area contributed by atoms with Gasteiger partial charge < -0.3 is 18.9 Å². The van der Waals surface area contributed by atoms with Crippen molar-refractivity contribution in [3.63, 3.8) is 0 Å². The summed E-state index contributed by atoms with van der Waals surface area (Å²) < 4.78 is 25.1. The molecule has 2 heterocycles. The Morgan fingerprint density at radius 2 is 0.550 bits per heavy atom. The average molecular weight is 789 g/mol. The number of rotatable bonds is 19. The Labute approximate surface area is 353 Å². The van der Waals surface area contributed by atoms with E-state index in [2.05, 4.69) is 97.1 Å². The molecule has 0 atom stereocenters. The van der Waals surface area contributed by atoms with Crippen LogP contribution in [-0.2, 0) is 52.1 Å². The van der Waals surface area contributed by atoms with Crippen LogP contribution in [0.4, 0.5) is 0 Å². The second-order valence-corrected chi connectivity index (χ2v) is 14.8. The van der Waals surface area contributed by atoms with Crippen LogP contribution in [0.1, 0.15) is 44.5 Å². The number of ether oxygens (including phenoxy) is 4. The van der Waals surface area contributed by atoms with E-state index >= 15 is 0 Å². The standard InChI is InChI=1S/C54H48N2O4/c1-5-13-43(14-6-1)37-57-49-29-47(30-50(35-49)58-38-44-15-7-2-8-16-44)23-21-41-25-27-55-53(33-41)54-34-42(26-28-56-54)22-24-48-31-51(59-39-45-17-9-3-10-18-45)36-52(32-48)60-40-46-19-11-4-12-20-46/h1-20,25-36H,21-24,37-40H2. The molecule has 0 radical (unpaired) electrons. The van der Waals surface area contributed by atoms with Gasteiger partial charge >= 0.3 is 0 Å². The van der Waals surface area contributed by atoms with E-state index in [-0.39, 0.29) is 0 Å². The van der Waals surface area contributed by atoms with Crippen LogP contribution in [0.3, 0.4) is 0 Å². The van der Waals surface area contributed by atoms with E-state index in [1.165, 1.54) is 11.1 Å². The highest BCUT2D eigenvalue weighted by Gasteiger charge is 2.10. The molecule has 8 aromatic rings. The maximum absolute atomic E-state index is 6.27. The van der Waals surface area contributed by atoms with Gasteiger partial charge in [0.15, 0.2) is 0 Å². The van der Waals surface area contributed by atoms with Gasteiger partial charge in [0.25, 0.3) is 0 Å². The third-order valence-electron chi connectivity index (χ3n) is 10.2. The summed E-state index contributed by atoms with van der Waals surface area (Å²) in [5, 5.41) is 0. The van der Waals surface area contributed by atoms with Crippen LogP contribution in [0.2, 0.25) is 0 Å². The van der Waals surface area contributed by atoms with Gasteiger partial charge in [0.2, 0.25) is 0 Å². The van der Waals surface area contributed by atoms with Gasteiger partial charge in [0.05, 0.1) is 11.4 Å². The molecule has 0 bridgehead atoms. The number of hydrogen-bond acceptors (Lipinski definition) is 6. The third kappa shape index (κ3) is 11.9.